The molecule has 1 aliphatic rings. The van der Waals surface area contributed by atoms with Crippen molar-refractivity contribution >= 4 is 23.0 Å². The number of rotatable bonds is 2. The molecule has 0 spiro atoms. The minimum absolute atomic E-state index is 0.312. The monoisotopic (exact) mass is 235 g/mol. The lowest BCUT2D eigenvalue weighted by Gasteiger charge is -2.23. The molecule has 0 aromatic heterocycles. The number of nitrogens with two attached hydrogens (primary N) is 1. The predicted molar refractivity (Wildman–Crippen MR) is 71.7 cm³/mol. The summed E-state index contributed by atoms with van der Waals surface area (Å²) in [5.41, 5.74) is 7.76. The minimum atomic E-state index is 0.312. The van der Waals surface area contributed by atoms with Crippen molar-refractivity contribution in [1.29, 1.82) is 0 Å². The highest BCUT2D eigenvalue weighted by Gasteiger charge is 2.14. The molecule has 1 aromatic rings. The van der Waals surface area contributed by atoms with Gasteiger partial charge >= 0.3 is 0 Å². The lowest BCUT2D eigenvalue weighted by Crippen LogP contribution is -2.28. The molecule has 0 saturated carbocycles. The first-order valence-corrected chi connectivity index (χ1v) is 6.03. The summed E-state index contributed by atoms with van der Waals surface area (Å²) in [5.74, 6) is 0.646. The summed E-state index contributed by atoms with van der Waals surface area (Å²) in [6, 6.07) is 8.36. The van der Waals surface area contributed by atoms with Crippen molar-refractivity contribution in [3.63, 3.8) is 0 Å². The Balaban J connectivity index is 2.03. The third kappa shape index (κ3) is 2.93. The molecule has 1 aliphatic heterocycles. The summed E-state index contributed by atoms with van der Waals surface area (Å²) >= 11 is 4.79. The van der Waals surface area contributed by atoms with E-state index in [0.717, 1.165) is 18.8 Å². The van der Waals surface area contributed by atoms with Crippen molar-refractivity contribution in [2.24, 2.45) is 5.73 Å². The zero-order chi connectivity index (χ0) is 11.4. The molecule has 1 saturated heterocycles. The maximum absolute atomic E-state index is 5.42. The predicted octanol–water partition coefficient (Wildman–Crippen LogP) is 1.81. The Hall–Kier alpha value is -1.13. The molecule has 0 aliphatic carbocycles. The van der Waals surface area contributed by atoms with Gasteiger partial charge in [-0.15, -0.1) is 0 Å². The zero-order valence-electron chi connectivity index (χ0n) is 9.20. The van der Waals surface area contributed by atoms with Gasteiger partial charge in [0.15, 0.2) is 5.11 Å². The van der Waals surface area contributed by atoms with Crippen molar-refractivity contribution in [3.8, 4) is 0 Å². The second-order valence-corrected chi connectivity index (χ2v) is 4.59. The van der Waals surface area contributed by atoms with E-state index in [2.05, 4.69) is 22.8 Å². The van der Waals surface area contributed by atoms with Crippen LogP contribution in [0.3, 0.4) is 0 Å². The van der Waals surface area contributed by atoms with Gasteiger partial charge in [0, 0.05) is 12.2 Å². The number of hydrogen-bond donors (Lipinski definition) is 3. The number of nitrogens with one attached hydrogen (secondary N) is 2. The normalized spacial score (nSPS) is 20.4. The van der Waals surface area contributed by atoms with Crippen molar-refractivity contribution < 1.29 is 0 Å². The number of hydrogen-bond acceptors (Lipinski definition) is 2. The van der Waals surface area contributed by atoms with Gasteiger partial charge < -0.3 is 16.4 Å². The van der Waals surface area contributed by atoms with Gasteiger partial charge in [0.25, 0.3) is 0 Å². The van der Waals surface area contributed by atoms with E-state index >= 15 is 0 Å². The van der Waals surface area contributed by atoms with Crippen LogP contribution in [0.2, 0.25) is 0 Å². The van der Waals surface area contributed by atoms with E-state index in [-0.39, 0.29) is 0 Å². The molecule has 0 bridgehead atoms. The molecule has 0 radical (unpaired) electrons. The van der Waals surface area contributed by atoms with Crippen LogP contribution >= 0.6 is 12.2 Å². The third-order valence-corrected chi connectivity index (χ3v) is 3.05. The fourth-order valence-corrected chi connectivity index (χ4v) is 2.24. The second kappa shape index (κ2) is 5.27. The average Bonchev–Trinajstić information content (AvgIpc) is 2.30. The van der Waals surface area contributed by atoms with Crippen LogP contribution in [0.5, 0.6) is 0 Å². The molecule has 1 atom stereocenters. The Morgan fingerprint density at radius 3 is 2.69 bits per heavy atom. The fourth-order valence-electron chi connectivity index (χ4n) is 2.12. The Morgan fingerprint density at radius 2 is 2.12 bits per heavy atom. The summed E-state index contributed by atoms with van der Waals surface area (Å²) in [5, 5.41) is 6.66. The maximum Gasteiger partial charge on any atom is 0.168 e. The highest BCUT2D eigenvalue weighted by atomic mass is 32.1. The number of benzene rings is 1. The quantitative estimate of drug-likeness (QED) is 0.684. The summed E-state index contributed by atoms with van der Waals surface area (Å²) in [6.45, 7) is 2.24. The molecule has 1 fully saturated rings. The van der Waals surface area contributed by atoms with Gasteiger partial charge in [0.2, 0.25) is 0 Å². The summed E-state index contributed by atoms with van der Waals surface area (Å²) < 4.78 is 0. The maximum atomic E-state index is 5.42. The Labute approximate surface area is 101 Å². The van der Waals surface area contributed by atoms with E-state index in [9.17, 15) is 0 Å². The molecule has 2 rings (SSSR count). The van der Waals surface area contributed by atoms with Crippen molar-refractivity contribution in [1.82, 2.24) is 5.32 Å². The van der Waals surface area contributed by atoms with Crippen LogP contribution < -0.4 is 16.4 Å². The molecule has 4 heteroatoms. The molecular formula is C12H17N3S. The van der Waals surface area contributed by atoms with Gasteiger partial charge in [-0.1, -0.05) is 12.1 Å². The van der Waals surface area contributed by atoms with E-state index in [1.807, 2.05) is 12.1 Å². The van der Waals surface area contributed by atoms with Gasteiger partial charge in [-0.05, 0) is 55.2 Å². The van der Waals surface area contributed by atoms with Crippen molar-refractivity contribution in [3.05, 3.63) is 29.8 Å². The Morgan fingerprint density at radius 1 is 1.38 bits per heavy atom. The first kappa shape index (κ1) is 11.4. The first-order chi connectivity index (χ1) is 7.75. The standard InChI is InChI=1S/C12H17N3S/c13-12(16)15-11-5-3-9(4-6-11)10-2-1-7-14-8-10/h3-6,10,14H,1-2,7-8H2,(H3,13,15,16). The van der Waals surface area contributed by atoms with Crippen molar-refractivity contribution in [2.75, 3.05) is 18.4 Å². The van der Waals surface area contributed by atoms with Crippen LogP contribution in [-0.2, 0) is 0 Å². The molecule has 1 unspecified atom stereocenters. The lowest BCUT2D eigenvalue weighted by molar-refractivity contribution is 0.461. The Bertz CT molecular complexity index is 355. The van der Waals surface area contributed by atoms with Crippen LogP contribution in [0, 0.1) is 0 Å². The molecule has 4 N–H and O–H groups in total. The van der Waals surface area contributed by atoms with Crippen LogP contribution in [0.15, 0.2) is 24.3 Å². The second-order valence-electron chi connectivity index (χ2n) is 4.15. The number of thiocarbonyl (C=S) groups is 1. The third-order valence-electron chi connectivity index (χ3n) is 2.95. The highest BCUT2D eigenvalue weighted by Crippen LogP contribution is 2.24. The highest BCUT2D eigenvalue weighted by molar-refractivity contribution is 7.80. The fraction of sp³-hybridized carbons (Fsp3) is 0.417. The summed E-state index contributed by atoms with van der Waals surface area (Å²) in [7, 11) is 0. The average molecular weight is 235 g/mol. The smallest absolute Gasteiger partial charge is 0.168 e. The number of piperidine rings is 1. The molecular weight excluding hydrogens is 218 g/mol. The lowest BCUT2D eigenvalue weighted by atomic mass is 9.92. The van der Waals surface area contributed by atoms with Gasteiger partial charge in [-0.2, -0.15) is 0 Å². The van der Waals surface area contributed by atoms with Crippen LogP contribution in [0.1, 0.15) is 24.3 Å². The van der Waals surface area contributed by atoms with E-state index in [4.69, 9.17) is 18.0 Å². The molecule has 0 amide bonds. The van der Waals surface area contributed by atoms with Crippen LogP contribution in [0.25, 0.3) is 0 Å². The largest absolute Gasteiger partial charge is 0.376 e. The number of anilines is 1. The summed E-state index contributed by atoms with van der Waals surface area (Å²) in [4.78, 5) is 0. The molecule has 3 nitrogen and oxygen atoms in total. The summed E-state index contributed by atoms with van der Waals surface area (Å²) in [6.07, 6.45) is 2.53. The molecule has 1 heterocycles. The molecule has 16 heavy (non-hydrogen) atoms. The van der Waals surface area contributed by atoms with Gasteiger partial charge in [-0.3, -0.25) is 0 Å². The van der Waals surface area contributed by atoms with E-state index in [1.54, 1.807) is 0 Å². The zero-order valence-corrected chi connectivity index (χ0v) is 10.0. The Kier molecular flexibility index (Phi) is 3.74. The topological polar surface area (TPSA) is 50.1 Å². The van der Waals surface area contributed by atoms with Gasteiger partial charge in [0.05, 0.1) is 0 Å². The van der Waals surface area contributed by atoms with Crippen molar-refractivity contribution in [2.45, 2.75) is 18.8 Å². The SMILES string of the molecule is NC(=S)Nc1ccc(C2CCCNC2)cc1. The van der Waals surface area contributed by atoms with Gasteiger partial charge in [-0.25, -0.2) is 0 Å². The first-order valence-electron chi connectivity index (χ1n) is 5.63. The molecule has 1 aromatic carbocycles. The van der Waals surface area contributed by atoms with E-state index in [0.29, 0.717) is 11.0 Å². The van der Waals surface area contributed by atoms with Gasteiger partial charge in [0.1, 0.15) is 0 Å². The van der Waals surface area contributed by atoms with Crippen LogP contribution in [0.4, 0.5) is 5.69 Å². The van der Waals surface area contributed by atoms with E-state index < -0.39 is 0 Å². The van der Waals surface area contributed by atoms with Crippen LogP contribution in [-0.4, -0.2) is 18.2 Å². The minimum Gasteiger partial charge on any atom is -0.376 e. The molecule has 86 valence electrons. The van der Waals surface area contributed by atoms with E-state index in [1.165, 1.54) is 18.4 Å².